The summed E-state index contributed by atoms with van der Waals surface area (Å²) in [7, 11) is -7.89. The summed E-state index contributed by atoms with van der Waals surface area (Å²) in [6.45, 7) is -0.703. The van der Waals surface area contributed by atoms with Gasteiger partial charge in [-0.15, -0.1) is 0 Å². The average molecular weight is 715 g/mol. The van der Waals surface area contributed by atoms with E-state index in [4.69, 9.17) is 10.5 Å². The molecule has 14 nitrogen and oxygen atoms in total. The summed E-state index contributed by atoms with van der Waals surface area (Å²) in [6, 6.07) is 28.1. The Morgan fingerprint density at radius 1 is 0.620 bits per heavy atom. The predicted molar refractivity (Wildman–Crippen MR) is 182 cm³/mol. The molecule has 50 heavy (non-hydrogen) atoms. The second-order valence-corrected chi connectivity index (χ2v) is 14.5. The second-order valence-electron chi connectivity index (χ2n) is 11.3. The molecular weight excluding hydrogens is 685 g/mol. The number of hydrogen-bond acceptors (Lipinski definition) is 10. The number of nitrogens with one attached hydrogen (secondary N) is 2. The van der Waals surface area contributed by atoms with Crippen molar-refractivity contribution in [3.05, 3.63) is 118 Å². The molecular formula is C34H30N6O8S2. The molecule has 2 aliphatic heterocycles. The third-order valence-electron chi connectivity index (χ3n) is 7.86. The largest absolute Gasteiger partial charge is 0.506 e. The standard InChI is InChI=1S/2C17H15N3O4S/c18-10-14-5-2-12(3-6-14)1-4-13-7-8-15(16(21)9-13)20-11-17(22)19-25(20,23)24;18-10-14-4-2-1-3-13(14)7-5-12-6-8-15(16(21)9-12)20-11-17(22)19-25(20,23)24/h2-3,5-9,21H,1,4,11H2,(H,19,22);1-4,6,8-9,21H,5,7,11H2,(H,19,22). The maximum Gasteiger partial charge on any atom is 0.326 e. The summed E-state index contributed by atoms with van der Waals surface area (Å²) in [6.07, 6.45) is 2.55. The van der Waals surface area contributed by atoms with Crippen molar-refractivity contribution in [3.63, 3.8) is 0 Å². The summed E-state index contributed by atoms with van der Waals surface area (Å²) in [5, 5.41) is 38.2. The van der Waals surface area contributed by atoms with E-state index in [9.17, 15) is 36.6 Å². The number of aryl methyl sites for hydroxylation is 4. The summed E-state index contributed by atoms with van der Waals surface area (Å²) < 4.78 is 52.8. The topological polar surface area (TPSA) is 221 Å². The van der Waals surface area contributed by atoms with Crippen LogP contribution in [-0.4, -0.2) is 52.0 Å². The molecule has 256 valence electrons. The van der Waals surface area contributed by atoms with Crippen molar-refractivity contribution < 1.29 is 36.6 Å². The fourth-order valence-corrected chi connectivity index (χ4v) is 7.68. The fourth-order valence-electron chi connectivity index (χ4n) is 5.35. The summed E-state index contributed by atoms with van der Waals surface area (Å²) in [5.41, 5.74) is 4.92. The van der Waals surface area contributed by atoms with Gasteiger partial charge in [-0.25, -0.2) is 18.1 Å². The van der Waals surface area contributed by atoms with Gasteiger partial charge in [0.1, 0.15) is 24.6 Å². The Morgan fingerprint density at radius 2 is 1.08 bits per heavy atom. The number of amides is 2. The highest BCUT2D eigenvalue weighted by atomic mass is 32.2. The lowest BCUT2D eigenvalue weighted by Gasteiger charge is -2.16. The zero-order chi connectivity index (χ0) is 36.1. The van der Waals surface area contributed by atoms with Crippen molar-refractivity contribution in [1.82, 2.24) is 9.44 Å². The number of benzene rings is 4. The van der Waals surface area contributed by atoms with E-state index >= 15 is 0 Å². The maximum atomic E-state index is 11.8. The minimum atomic E-state index is -3.95. The normalized spacial score (nSPS) is 15.6. The van der Waals surface area contributed by atoms with Crippen LogP contribution in [0.25, 0.3) is 0 Å². The highest BCUT2D eigenvalue weighted by Crippen LogP contribution is 2.33. The van der Waals surface area contributed by atoms with Gasteiger partial charge in [-0.05, 0) is 90.4 Å². The van der Waals surface area contributed by atoms with Crippen LogP contribution in [0.4, 0.5) is 11.4 Å². The van der Waals surface area contributed by atoms with Gasteiger partial charge in [0.15, 0.2) is 0 Å². The first-order chi connectivity index (χ1) is 23.8. The fraction of sp³-hybridized carbons (Fsp3) is 0.176. The Bertz CT molecular complexity index is 2260. The Hall–Kier alpha value is -6.10. The number of hydrogen-bond donors (Lipinski definition) is 4. The van der Waals surface area contributed by atoms with Crippen molar-refractivity contribution in [2.24, 2.45) is 0 Å². The van der Waals surface area contributed by atoms with Gasteiger partial charge in [0.05, 0.1) is 34.6 Å². The van der Waals surface area contributed by atoms with Crippen molar-refractivity contribution in [2.45, 2.75) is 25.7 Å². The second kappa shape index (κ2) is 14.6. The molecule has 0 aromatic heterocycles. The van der Waals surface area contributed by atoms with E-state index in [0.717, 1.165) is 30.9 Å². The first kappa shape index (κ1) is 35.2. The molecule has 4 aromatic carbocycles. The van der Waals surface area contributed by atoms with Crippen LogP contribution in [0, 0.1) is 22.7 Å². The van der Waals surface area contributed by atoms with Crippen LogP contribution in [-0.2, 0) is 55.7 Å². The molecule has 0 atom stereocenters. The van der Waals surface area contributed by atoms with Gasteiger partial charge in [0.2, 0.25) is 0 Å². The van der Waals surface area contributed by atoms with Crippen molar-refractivity contribution in [1.29, 1.82) is 10.5 Å². The van der Waals surface area contributed by atoms with E-state index in [1.165, 1.54) is 24.3 Å². The minimum absolute atomic E-state index is 0.0551. The third kappa shape index (κ3) is 8.12. The summed E-state index contributed by atoms with van der Waals surface area (Å²) in [5.74, 6) is -1.69. The highest BCUT2D eigenvalue weighted by Gasteiger charge is 2.36. The molecule has 2 amide bonds. The van der Waals surface area contributed by atoms with Gasteiger partial charge in [-0.1, -0.05) is 42.5 Å². The Morgan fingerprint density at radius 3 is 1.52 bits per heavy atom. The molecule has 0 saturated carbocycles. The van der Waals surface area contributed by atoms with E-state index in [2.05, 4.69) is 12.1 Å². The molecule has 0 aliphatic carbocycles. The predicted octanol–water partition coefficient (Wildman–Crippen LogP) is 2.46. The monoisotopic (exact) mass is 714 g/mol. The number of nitrogens with zero attached hydrogens (tertiary/aromatic N) is 4. The molecule has 0 radical (unpaired) electrons. The average Bonchev–Trinajstić information content (AvgIpc) is 3.53. The Kier molecular flexibility index (Phi) is 10.3. The highest BCUT2D eigenvalue weighted by molar-refractivity contribution is 7.92. The number of aromatic hydroxyl groups is 2. The molecule has 4 N–H and O–H groups in total. The third-order valence-corrected chi connectivity index (χ3v) is 10.6. The molecule has 4 aromatic rings. The first-order valence-corrected chi connectivity index (χ1v) is 17.9. The first-order valence-electron chi connectivity index (χ1n) is 15.1. The van der Waals surface area contributed by atoms with Crippen LogP contribution in [0.3, 0.4) is 0 Å². The van der Waals surface area contributed by atoms with Crippen molar-refractivity contribution in [2.75, 3.05) is 21.7 Å². The van der Waals surface area contributed by atoms with Crippen LogP contribution in [0.5, 0.6) is 11.5 Å². The summed E-state index contributed by atoms with van der Waals surface area (Å²) >= 11 is 0. The number of rotatable bonds is 8. The van der Waals surface area contributed by atoms with Gasteiger partial charge in [-0.3, -0.25) is 9.59 Å². The zero-order valence-electron chi connectivity index (χ0n) is 26.3. The molecule has 0 bridgehead atoms. The number of phenols is 2. The van der Waals surface area contributed by atoms with Gasteiger partial charge >= 0.3 is 20.4 Å². The van der Waals surface area contributed by atoms with Crippen molar-refractivity contribution in [3.8, 4) is 23.6 Å². The lowest BCUT2D eigenvalue weighted by Crippen LogP contribution is -2.29. The van der Waals surface area contributed by atoms with E-state index < -0.39 is 32.2 Å². The molecule has 0 unspecified atom stereocenters. The van der Waals surface area contributed by atoms with Gasteiger partial charge in [0.25, 0.3) is 11.8 Å². The quantitative estimate of drug-likeness (QED) is 0.209. The smallest absolute Gasteiger partial charge is 0.326 e. The van der Waals surface area contributed by atoms with E-state index in [1.54, 1.807) is 36.4 Å². The minimum Gasteiger partial charge on any atom is -0.506 e. The van der Waals surface area contributed by atoms with Gasteiger partial charge in [-0.2, -0.15) is 27.4 Å². The van der Waals surface area contributed by atoms with Crippen LogP contribution in [0.2, 0.25) is 0 Å². The summed E-state index contributed by atoms with van der Waals surface area (Å²) in [4.78, 5) is 22.6. The SMILES string of the molecule is N#Cc1ccc(CCc2ccc(N3CC(=O)NS3(=O)=O)c(O)c2)cc1.N#Cc1ccccc1CCc1ccc(N2CC(=O)NS2(=O)=O)c(O)c1. The van der Waals surface area contributed by atoms with E-state index in [1.807, 2.05) is 33.7 Å². The number of phenolic OH excluding ortho intramolecular Hbond substituents is 2. The Balaban J connectivity index is 0.000000194. The van der Waals surface area contributed by atoms with Crippen LogP contribution in [0.1, 0.15) is 33.4 Å². The molecule has 16 heteroatoms. The van der Waals surface area contributed by atoms with Gasteiger partial charge < -0.3 is 10.2 Å². The van der Waals surface area contributed by atoms with Crippen LogP contribution < -0.4 is 18.1 Å². The van der Waals surface area contributed by atoms with Crippen molar-refractivity contribution >= 4 is 43.6 Å². The van der Waals surface area contributed by atoms with E-state index in [-0.39, 0.29) is 36.0 Å². The molecule has 0 spiro atoms. The number of anilines is 2. The zero-order valence-corrected chi connectivity index (χ0v) is 27.9. The number of carbonyl (C=O) groups is 2. The Labute approximate surface area is 288 Å². The van der Waals surface area contributed by atoms with E-state index in [0.29, 0.717) is 36.8 Å². The lowest BCUT2D eigenvalue weighted by molar-refractivity contribution is -0.118. The maximum absolute atomic E-state index is 11.8. The molecule has 6 rings (SSSR count). The molecule has 2 aliphatic rings. The molecule has 2 saturated heterocycles. The lowest BCUT2D eigenvalue weighted by atomic mass is 10.00. The molecule has 2 fully saturated rings. The van der Waals surface area contributed by atoms with Gasteiger partial charge in [0, 0.05) is 0 Å². The number of nitriles is 2. The van der Waals surface area contributed by atoms with Crippen LogP contribution >= 0.6 is 0 Å². The van der Waals surface area contributed by atoms with Crippen LogP contribution in [0.15, 0.2) is 84.9 Å². The number of carbonyl (C=O) groups excluding carboxylic acids is 2. The molecule has 2 heterocycles.